The number of amides is 1. The Bertz CT molecular complexity index is 1130. The number of hydrogen-bond acceptors (Lipinski definition) is 5. The van der Waals surface area contributed by atoms with E-state index in [4.69, 9.17) is 4.74 Å². The number of carbonyl (C=O) groups is 2. The molecule has 2 unspecified atom stereocenters. The van der Waals surface area contributed by atoms with Crippen LogP contribution in [0.15, 0.2) is 12.2 Å². The zero-order valence-electron chi connectivity index (χ0n) is 51.1. The first-order chi connectivity index (χ1) is 37.0. The van der Waals surface area contributed by atoms with Crippen LogP contribution in [0.2, 0.25) is 0 Å². The van der Waals surface area contributed by atoms with Gasteiger partial charge in [-0.2, -0.15) is 0 Å². The Morgan fingerprint density at radius 1 is 0.360 bits per heavy atom. The summed E-state index contributed by atoms with van der Waals surface area (Å²) in [4.78, 5) is 24.5. The molecule has 0 aromatic carbocycles. The molecule has 1 amide bonds. The van der Waals surface area contributed by atoms with Crippen molar-refractivity contribution in [1.29, 1.82) is 0 Å². The second-order valence-electron chi connectivity index (χ2n) is 23.9. The molecule has 0 aromatic rings. The number of unbranched alkanes of at least 4 members (excludes halogenated alkanes) is 52. The standard InChI is InChI=1S/C69H135NO5/c1-3-5-7-9-11-13-15-16-17-18-34-37-40-43-47-51-55-59-63-69(74)75-64-60-56-52-48-44-41-38-35-32-30-28-26-24-22-20-19-21-23-25-27-29-31-33-36-39-42-46-50-54-58-62-68(73)70-66(65-71)67(72)61-57-53-49-45-14-12-10-8-6-4-2/h20,22,66-67,71-72H,3-19,21,23-65H2,1-2H3,(H,70,73)/b22-20-. The molecule has 0 aromatic heterocycles. The average molecular weight is 1060 g/mol. The first kappa shape index (κ1) is 73.6. The maximum atomic E-state index is 12.4. The van der Waals surface area contributed by atoms with Crippen molar-refractivity contribution >= 4 is 11.9 Å². The molecule has 2 atom stereocenters. The third-order valence-electron chi connectivity index (χ3n) is 16.3. The number of allylic oxidation sites excluding steroid dienone is 2. The molecule has 6 nitrogen and oxygen atoms in total. The van der Waals surface area contributed by atoms with E-state index < -0.39 is 12.1 Å². The van der Waals surface area contributed by atoms with Crippen LogP contribution in [0.5, 0.6) is 0 Å². The van der Waals surface area contributed by atoms with Gasteiger partial charge >= 0.3 is 5.97 Å². The molecule has 446 valence electrons. The number of ether oxygens (including phenoxy) is 1. The molecule has 6 heteroatoms. The Kier molecular flexibility index (Phi) is 63.9. The van der Waals surface area contributed by atoms with Crippen LogP contribution in [-0.2, 0) is 14.3 Å². The van der Waals surface area contributed by atoms with Crippen molar-refractivity contribution in [3.63, 3.8) is 0 Å². The van der Waals surface area contributed by atoms with Crippen LogP contribution in [0, 0.1) is 0 Å². The van der Waals surface area contributed by atoms with Crippen LogP contribution < -0.4 is 5.32 Å². The summed E-state index contributed by atoms with van der Waals surface area (Å²) in [5, 5.41) is 23.2. The van der Waals surface area contributed by atoms with Crippen molar-refractivity contribution in [3.05, 3.63) is 12.2 Å². The molecule has 0 heterocycles. The summed E-state index contributed by atoms with van der Waals surface area (Å²) < 4.78 is 5.51. The van der Waals surface area contributed by atoms with Crippen LogP contribution in [0.4, 0.5) is 0 Å². The lowest BCUT2D eigenvalue weighted by Crippen LogP contribution is -2.45. The summed E-state index contributed by atoms with van der Waals surface area (Å²) in [7, 11) is 0. The molecule has 0 saturated carbocycles. The molecule has 0 aliphatic heterocycles. The minimum absolute atomic E-state index is 0.0223. The van der Waals surface area contributed by atoms with Gasteiger partial charge in [0.2, 0.25) is 5.91 Å². The third kappa shape index (κ3) is 61.7. The van der Waals surface area contributed by atoms with E-state index in [9.17, 15) is 19.8 Å². The van der Waals surface area contributed by atoms with Gasteiger partial charge in [-0.3, -0.25) is 9.59 Å². The molecule has 0 bridgehead atoms. The summed E-state index contributed by atoms with van der Waals surface area (Å²) in [5.74, 6) is -0.0108. The van der Waals surface area contributed by atoms with Gasteiger partial charge in [0.25, 0.3) is 0 Å². The lowest BCUT2D eigenvalue weighted by Gasteiger charge is -2.22. The Labute approximate surface area is 469 Å². The van der Waals surface area contributed by atoms with Gasteiger partial charge in [-0.1, -0.05) is 341 Å². The first-order valence-corrected chi connectivity index (χ1v) is 34.4. The summed E-state index contributed by atoms with van der Waals surface area (Å²) in [6.07, 6.45) is 79.8. The molecule has 75 heavy (non-hydrogen) atoms. The van der Waals surface area contributed by atoms with E-state index >= 15 is 0 Å². The highest BCUT2D eigenvalue weighted by Gasteiger charge is 2.20. The summed E-state index contributed by atoms with van der Waals surface area (Å²) >= 11 is 0. The highest BCUT2D eigenvalue weighted by atomic mass is 16.5. The Balaban J connectivity index is 3.31. The van der Waals surface area contributed by atoms with Crippen LogP contribution in [0.1, 0.15) is 393 Å². The largest absolute Gasteiger partial charge is 0.466 e. The molecule has 0 fully saturated rings. The van der Waals surface area contributed by atoms with Crippen LogP contribution in [-0.4, -0.2) is 47.4 Å². The van der Waals surface area contributed by atoms with Gasteiger partial charge in [0.15, 0.2) is 0 Å². The molecule has 0 saturated heterocycles. The maximum Gasteiger partial charge on any atom is 0.305 e. The van der Waals surface area contributed by atoms with Crippen molar-refractivity contribution in [2.24, 2.45) is 0 Å². The Morgan fingerprint density at radius 2 is 0.627 bits per heavy atom. The van der Waals surface area contributed by atoms with Gasteiger partial charge in [-0.25, -0.2) is 0 Å². The zero-order chi connectivity index (χ0) is 54.3. The predicted octanol–water partition coefficient (Wildman–Crippen LogP) is 22.0. The third-order valence-corrected chi connectivity index (χ3v) is 16.3. The molecular weight excluding hydrogens is 923 g/mol. The smallest absolute Gasteiger partial charge is 0.305 e. The van der Waals surface area contributed by atoms with Gasteiger partial charge in [0.05, 0.1) is 25.4 Å². The molecule has 3 N–H and O–H groups in total. The molecule has 0 rings (SSSR count). The van der Waals surface area contributed by atoms with Crippen molar-refractivity contribution in [3.8, 4) is 0 Å². The SMILES string of the molecule is CCCCCCCCCCCCCCCCCCCCC(=O)OCCCCCCCCCCCCCC/C=C\CCCCCCCCCCCCCCCCC(=O)NC(CO)C(O)CCCCCCCCCCCC. The fraction of sp³-hybridized carbons (Fsp3) is 0.942. The molecule has 0 aliphatic carbocycles. The maximum absolute atomic E-state index is 12.4. The summed E-state index contributed by atoms with van der Waals surface area (Å²) in [5.41, 5.74) is 0. The Morgan fingerprint density at radius 3 is 0.947 bits per heavy atom. The van der Waals surface area contributed by atoms with E-state index in [1.54, 1.807) is 0 Å². The molecule has 0 aliphatic rings. The number of nitrogens with one attached hydrogen (secondary N) is 1. The predicted molar refractivity (Wildman–Crippen MR) is 329 cm³/mol. The minimum atomic E-state index is -0.660. The molecular formula is C69H135NO5. The van der Waals surface area contributed by atoms with E-state index in [0.29, 0.717) is 25.9 Å². The number of carbonyl (C=O) groups excluding carboxylic acids is 2. The quantitative estimate of drug-likeness (QED) is 0.0320. The monoisotopic (exact) mass is 1060 g/mol. The van der Waals surface area contributed by atoms with Gasteiger partial charge in [0.1, 0.15) is 0 Å². The van der Waals surface area contributed by atoms with Crippen molar-refractivity contribution in [2.45, 2.75) is 405 Å². The lowest BCUT2D eigenvalue weighted by atomic mass is 10.0. The number of hydrogen-bond donors (Lipinski definition) is 3. The highest BCUT2D eigenvalue weighted by Crippen LogP contribution is 2.19. The number of rotatable bonds is 65. The van der Waals surface area contributed by atoms with Gasteiger partial charge in [-0.15, -0.1) is 0 Å². The van der Waals surface area contributed by atoms with E-state index in [0.717, 1.165) is 38.5 Å². The highest BCUT2D eigenvalue weighted by molar-refractivity contribution is 5.76. The summed E-state index contributed by atoms with van der Waals surface area (Å²) in [6, 6.07) is -0.538. The lowest BCUT2D eigenvalue weighted by molar-refractivity contribution is -0.143. The van der Waals surface area contributed by atoms with E-state index in [2.05, 4.69) is 31.3 Å². The topological polar surface area (TPSA) is 95.9 Å². The zero-order valence-corrected chi connectivity index (χ0v) is 51.1. The second kappa shape index (κ2) is 65.1. The van der Waals surface area contributed by atoms with E-state index in [1.807, 2.05) is 0 Å². The Hall–Kier alpha value is -1.40. The fourth-order valence-corrected chi connectivity index (χ4v) is 11.1. The van der Waals surface area contributed by atoms with Gasteiger partial charge in [-0.05, 0) is 51.4 Å². The van der Waals surface area contributed by atoms with Crippen molar-refractivity contribution < 1.29 is 24.5 Å². The second-order valence-corrected chi connectivity index (χ2v) is 23.9. The first-order valence-electron chi connectivity index (χ1n) is 34.4. The van der Waals surface area contributed by atoms with Crippen LogP contribution in [0.25, 0.3) is 0 Å². The number of aliphatic hydroxyl groups is 2. The van der Waals surface area contributed by atoms with E-state index in [1.165, 1.54) is 321 Å². The number of esters is 1. The van der Waals surface area contributed by atoms with Crippen LogP contribution in [0.3, 0.4) is 0 Å². The average Bonchev–Trinajstić information content (AvgIpc) is 3.41. The van der Waals surface area contributed by atoms with Crippen LogP contribution >= 0.6 is 0 Å². The number of aliphatic hydroxyl groups excluding tert-OH is 2. The minimum Gasteiger partial charge on any atom is -0.466 e. The van der Waals surface area contributed by atoms with E-state index in [-0.39, 0.29) is 18.5 Å². The molecule has 0 radical (unpaired) electrons. The van der Waals surface area contributed by atoms with Crippen molar-refractivity contribution in [1.82, 2.24) is 5.32 Å². The van der Waals surface area contributed by atoms with Crippen molar-refractivity contribution in [2.75, 3.05) is 13.2 Å². The van der Waals surface area contributed by atoms with Gasteiger partial charge < -0.3 is 20.3 Å². The van der Waals surface area contributed by atoms with Gasteiger partial charge in [0, 0.05) is 12.8 Å². The summed E-state index contributed by atoms with van der Waals surface area (Å²) in [6.45, 7) is 4.98. The normalized spacial score (nSPS) is 12.5. The fourth-order valence-electron chi connectivity index (χ4n) is 11.1. The molecule has 0 spiro atoms.